The molecule has 0 spiro atoms. The van der Waals surface area contributed by atoms with E-state index >= 15 is 0 Å². The maximum absolute atomic E-state index is 12.5. The summed E-state index contributed by atoms with van der Waals surface area (Å²) in [5.74, 6) is -0.130. The summed E-state index contributed by atoms with van der Waals surface area (Å²) in [4.78, 5) is 14.7. The van der Waals surface area contributed by atoms with Crippen molar-refractivity contribution in [1.82, 2.24) is 15.1 Å². The molecule has 2 aromatic rings. The van der Waals surface area contributed by atoms with Gasteiger partial charge in [-0.05, 0) is 62.3 Å². The van der Waals surface area contributed by atoms with Crippen LogP contribution in [0, 0.1) is 17.2 Å². The van der Waals surface area contributed by atoms with Gasteiger partial charge in [-0.15, -0.1) is 10.2 Å². The molecule has 11 heteroatoms. The van der Waals surface area contributed by atoms with Crippen molar-refractivity contribution < 1.29 is 13.2 Å². The van der Waals surface area contributed by atoms with Crippen LogP contribution in [0.4, 0.5) is 11.5 Å². The number of amides is 1. The number of piperidine rings is 1. The normalized spacial score (nSPS) is 15.3. The van der Waals surface area contributed by atoms with Gasteiger partial charge in [0, 0.05) is 24.6 Å². The Kier molecular flexibility index (Phi) is 7.20. The van der Waals surface area contributed by atoms with E-state index in [0.717, 1.165) is 32.5 Å². The molecular formula is C19H21ClN6O3S. The van der Waals surface area contributed by atoms with Gasteiger partial charge in [-0.25, -0.2) is 8.42 Å². The molecule has 2 N–H and O–H groups in total. The lowest BCUT2D eigenvalue weighted by Crippen LogP contribution is -2.38. The molecule has 2 heterocycles. The number of sulfonamides is 1. The minimum atomic E-state index is -3.84. The van der Waals surface area contributed by atoms with Gasteiger partial charge < -0.3 is 10.2 Å². The number of halogens is 1. The molecule has 1 aromatic heterocycles. The zero-order valence-electron chi connectivity index (χ0n) is 16.1. The van der Waals surface area contributed by atoms with Crippen LogP contribution in [-0.4, -0.2) is 49.1 Å². The molecule has 0 unspecified atom stereocenters. The maximum atomic E-state index is 12.5. The lowest BCUT2D eigenvalue weighted by atomic mass is 9.95. The Hall–Kier alpha value is -2.74. The van der Waals surface area contributed by atoms with Gasteiger partial charge in [-0.3, -0.25) is 9.52 Å². The fourth-order valence-electron chi connectivity index (χ4n) is 3.16. The van der Waals surface area contributed by atoms with Gasteiger partial charge >= 0.3 is 0 Å². The van der Waals surface area contributed by atoms with Crippen molar-refractivity contribution in [2.24, 2.45) is 5.92 Å². The molecule has 1 fully saturated rings. The SMILES string of the molecule is N#CCCN1CCC(C(=O)Nc2ccc(S(=O)(=O)Nc3ccc(Cl)nn3)cc2)CC1. The Balaban J connectivity index is 1.56. The number of hydrogen-bond acceptors (Lipinski definition) is 7. The van der Waals surface area contributed by atoms with Gasteiger partial charge in [-0.2, -0.15) is 5.26 Å². The molecule has 158 valence electrons. The maximum Gasteiger partial charge on any atom is 0.263 e. The van der Waals surface area contributed by atoms with Crippen molar-refractivity contribution in [3.63, 3.8) is 0 Å². The average Bonchev–Trinajstić information content (AvgIpc) is 2.74. The molecule has 1 aliphatic heterocycles. The monoisotopic (exact) mass is 448 g/mol. The number of nitrogens with one attached hydrogen (secondary N) is 2. The number of hydrogen-bond donors (Lipinski definition) is 2. The Labute approximate surface area is 180 Å². The third kappa shape index (κ3) is 5.89. The quantitative estimate of drug-likeness (QED) is 0.665. The van der Waals surface area contributed by atoms with Gasteiger partial charge in [0.1, 0.15) is 0 Å². The van der Waals surface area contributed by atoms with E-state index in [-0.39, 0.29) is 27.7 Å². The molecule has 0 saturated carbocycles. The van der Waals surface area contributed by atoms with Crippen molar-refractivity contribution in [3.05, 3.63) is 41.6 Å². The first-order valence-electron chi connectivity index (χ1n) is 9.39. The first kappa shape index (κ1) is 22.0. The second kappa shape index (κ2) is 9.84. The number of likely N-dealkylation sites (tertiary alicyclic amines) is 1. The number of carbonyl (C=O) groups is 1. The van der Waals surface area contributed by atoms with Crippen LogP contribution in [0.3, 0.4) is 0 Å². The summed E-state index contributed by atoms with van der Waals surface area (Å²) < 4.78 is 27.2. The smallest absolute Gasteiger partial charge is 0.263 e. The summed E-state index contributed by atoms with van der Waals surface area (Å²) in [7, 11) is -3.84. The number of anilines is 2. The third-order valence-corrected chi connectivity index (χ3v) is 6.37. The van der Waals surface area contributed by atoms with E-state index in [1.165, 1.54) is 24.3 Å². The summed E-state index contributed by atoms with van der Waals surface area (Å²) in [5, 5.41) is 18.9. The minimum absolute atomic E-state index is 0.0306. The number of nitriles is 1. The van der Waals surface area contributed by atoms with Crippen LogP contribution >= 0.6 is 11.6 Å². The molecule has 0 aliphatic carbocycles. The van der Waals surface area contributed by atoms with Crippen molar-refractivity contribution in [2.45, 2.75) is 24.2 Å². The van der Waals surface area contributed by atoms with Crippen molar-refractivity contribution in [3.8, 4) is 6.07 Å². The van der Waals surface area contributed by atoms with E-state index in [2.05, 4.69) is 31.2 Å². The highest BCUT2D eigenvalue weighted by molar-refractivity contribution is 7.92. The van der Waals surface area contributed by atoms with Gasteiger partial charge in [-0.1, -0.05) is 11.6 Å². The number of aromatic nitrogens is 2. The molecule has 3 rings (SSSR count). The van der Waals surface area contributed by atoms with Crippen molar-refractivity contribution in [1.29, 1.82) is 5.26 Å². The fourth-order valence-corrected chi connectivity index (χ4v) is 4.25. The lowest BCUT2D eigenvalue weighted by Gasteiger charge is -2.30. The highest BCUT2D eigenvalue weighted by Gasteiger charge is 2.25. The summed E-state index contributed by atoms with van der Waals surface area (Å²) in [6.45, 7) is 2.31. The number of nitrogens with zero attached hydrogens (tertiary/aromatic N) is 4. The molecule has 0 atom stereocenters. The van der Waals surface area contributed by atoms with Gasteiger partial charge in [0.05, 0.1) is 11.0 Å². The molecule has 1 aromatic carbocycles. The lowest BCUT2D eigenvalue weighted by molar-refractivity contribution is -0.121. The van der Waals surface area contributed by atoms with Crippen molar-refractivity contribution in [2.75, 3.05) is 29.7 Å². The molecule has 30 heavy (non-hydrogen) atoms. The summed E-state index contributed by atoms with van der Waals surface area (Å²) in [6.07, 6.45) is 1.96. The molecule has 0 radical (unpaired) electrons. The predicted molar refractivity (Wildman–Crippen MR) is 112 cm³/mol. The standard InChI is InChI=1S/C19H21ClN6O3S/c20-17-6-7-18(24-23-17)25-30(28,29)16-4-2-15(3-5-16)22-19(27)14-8-12-26(13-9-14)11-1-10-21/h2-7,14H,1,8-9,11-13H2,(H,22,27)(H,24,25). The zero-order chi connectivity index (χ0) is 21.6. The van der Waals surface area contributed by atoms with Gasteiger partial charge in [0.15, 0.2) is 11.0 Å². The number of benzene rings is 1. The van der Waals surface area contributed by atoms with Crippen LogP contribution in [0.1, 0.15) is 19.3 Å². The highest BCUT2D eigenvalue weighted by atomic mass is 35.5. The first-order chi connectivity index (χ1) is 14.4. The summed E-state index contributed by atoms with van der Waals surface area (Å²) >= 11 is 5.64. The van der Waals surface area contributed by atoms with Crippen LogP contribution in [0.5, 0.6) is 0 Å². The summed E-state index contributed by atoms with van der Waals surface area (Å²) in [6, 6.07) is 10.9. The summed E-state index contributed by atoms with van der Waals surface area (Å²) in [5.41, 5.74) is 0.525. The largest absolute Gasteiger partial charge is 0.326 e. The Bertz CT molecular complexity index is 1010. The van der Waals surface area contributed by atoms with Gasteiger partial charge in [0.25, 0.3) is 10.0 Å². The Morgan fingerprint density at radius 1 is 1.17 bits per heavy atom. The molecule has 0 bridgehead atoms. The highest BCUT2D eigenvalue weighted by Crippen LogP contribution is 2.21. The third-order valence-electron chi connectivity index (χ3n) is 4.80. The zero-order valence-corrected chi connectivity index (χ0v) is 17.7. The second-order valence-electron chi connectivity index (χ2n) is 6.88. The second-order valence-corrected chi connectivity index (χ2v) is 8.95. The number of rotatable bonds is 7. The predicted octanol–water partition coefficient (Wildman–Crippen LogP) is 2.49. The van der Waals surface area contributed by atoms with Gasteiger partial charge in [0.2, 0.25) is 5.91 Å². The van der Waals surface area contributed by atoms with Crippen LogP contribution in [0.15, 0.2) is 41.3 Å². The van der Waals surface area contributed by atoms with Crippen LogP contribution in [0.2, 0.25) is 5.15 Å². The molecule has 1 saturated heterocycles. The van der Waals surface area contributed by atoms with E-state index < -0.39 is 10.0 Å². The average molecular weight is 449 g/mol. The minimum Gasteiger partial charge on any atom is -0.326 e. The van der Waals surface area contributed by atoms with E-state index in [1.54, 1.807) is 12.1 Å². The molecular weight excluding hydrogens is 428 g/mol. The Morgan fingerprint density at radius 3 is 2.47 bits per heavy atom. The van der Waals surface area contributed by atoms with Crippen LogP contribution < -0.4 is 10.0 Å². The van der Waals surface area contributed by atoms with E-state index in [4.69, 9.17) is 16.9 Å². The van der Waals surface area contributed by atoms with E-state index in [0.29, 0.717) is 12.1 Å². The Morgan fingerprint density at radius 2 is 1.87 bits per heavy atom. The van der Waals surface area contributed by atoms with E-state index in [1.807, 2.05) is 0 Å². The van der Waals surface area contributed by atoms with Crippen LogP contribution in [-0.2, 0) is 14.8 Å². The molecule has 9 nitrogen and oxygen atoms in total. The number of carbonyl (C=O) groups excluding carboxylic acids is 1. The molecule has 1 aliphatic rings. The fraction of sp³-hybridized carbons (Fsp3) is 0.368. The van der Waals surface area contributed by atoms with Crippen LogP contribution in [0.25, 0.3) is 0 Å². The topological polar surface area (TPSA) is 128 Å². The van der Waals surface area contributed by atoms with Crippen molar-refractivity contribution >= 4 is 39.0 Å². The molecule has 1 amide bonds. The van der Waals surface area contributed by atoms with E-state index in [9.17, 15) is 13.2 Å². The first-order valence-corrected chi connectivity index (χ1v) is 11.3.